The fourth-order valence-corrected chi connectivity index (χ4v) is 3.92. The van der Waals surface area contributed by atoms with Crippen LogP contribution in [-0.4, -0.2) is 33.2 Å². The number of methoxy groups -OCH3 is 1. The number of hydrogen-bond donors (Lipinski definition) is 1. The molecule has 0 bridgehead atoms. The highest BCUT2D eigenvalue weighted by Gasteiger charge is 2.30. The Hall–Kier alpha value is -1.90. The van der Waals surface area contributed by atoms with Gasteiger partial charge in [0, 0.05) is 35.3 Å². The lowest BCUT2D eigenvalue weighted by atomic mass is 9.99. The van der Waals surface area contributed by atoms with Crippen LogP contribution >= 0.6 is 27.5 Å². The number of ether oxygens (including phenoxy) is 2. The molecule has 4 rings (SSSR count). The van der Waals surface area contributed by atoms with Crippen molar-refractivity contribution in [1.82, 2.24) is 19.5 Å². The van der Waals surface area contributed by atoms with Gasteiger partial charge in [0.1, 0.15) is 17.7 Å². The molecular formula is C16H15BrClN5O2. The van der Waals surface area contributed by atoms with Gasteiger partial charge in [0.25, 0.3) is 0 Å². The molecule has 1 aliphatic heterocycles. The molecule has 0 spiro atoms. The van der Waals surface area contributed by atoms with Crippen molar-refractivity contribution in [2.45, 2.75) is 18.6 Å². The first-order valence-electron chi connectivity index (χ1n) is 7.67. The van der Waals surface area contributed by atoms with Gasteiger partial charge in [-0.05, 0) is 39.2 Å². The molecule has 25 heavy (non-hydrogen) atoms. The minimum absolute atomic E-state index is 0.116. The summed E-state index contributed by atoms with van der Waals surface area (Å²) in [5.41, 5.74) is 7.77. The summed E-state index contributed by atoms with van der Waals surface area (Å²) in [5, 5.41) is 0.854. The zero-order chi connectivity index (χ0) is 17.6. The minimum Gasteiger partial charge on any atom is -0.481 e. The Morgan fingerprint density at radius 1 is 1.44 bits per heavy atom. The molecule has 0 amide bonds. The molecule has 1 saturated heterocycles. The van der Waals surface area contributed by atoms with Crippen molar-refractivity contribution in [3.05, 3.63) is 39.8 Å². The zero-order valence-electron chi connectivity index (χ0n) is 13.3. The summed E-state index contributed by atoms with van der Waals surface area (Å²) >= 11 is 9.49. The minimum atomic E-state index is -0.164. The first kappa shape index (κ1) is 16.6. The Morgan fingerprint density at radius 2 is 2.28 bits per heavy atom. The summed E-state index contributed by atoms with van der Waals surface area (Å²) in [6.45, 7) is 0.601. The third-order valence-electron chi connectivity index (χ3n) is 4.35. The van der Waals surface area contributed by atoms with E-state index >= 15 is 0 Å². The van der Waals surface area contributed by atoms with E-state index in [2.05, 4.69) is 30.9 Å². The zero-order valence-corrected chi connectivity index (χ0v) is 15.7. The Labute approximate surface area is 157 Å². The smallest absolute Gasteiger partial charge is 0.226 e. The third kappa shape index (κ3) is 2.94. The van der Waals surface area contributed by atoms with Gasteiger partial charge in [-0.3, -0.25) is 0 Å². The average Bonchev–Trinajstić information content (AvgIpc) is 3.20. The van der Waals surface area contributed by atoms with E-state index in [-0.39, 0.29) is 17.4 Å². The molecule has 2 unspecified atom stereocenters. The van der Waals surface area contributed by atoms with Crippen LogP contribution in [0.2, 0.25) is 5.28 Å². The number of aromatic nitrogens is 4. The van der Waals surface area contributed by atoms with Gasteiger partial charge in [-0.1, -0.05) is 0 Å². The molecule has 4 heterocycles. The number of nitrogens with two attached hydrogens (primary N) is 1. The lowest BCUT2D eigenvalue weighted by Gasteiger charge is -2.13. The summed E-state index contributed by atoms with van der Waals surface area (Å²) < 4.78 is 14.0. The van der Waals surface area contributed by atoms with Crippen molar-refractivity contribution in [2.75, 3.05) is 19.5 Å². The van der Waals surface area contributed by atoms with Crippen molar-refractivity contribution in [3.63, 3.8) is 0 Å². The van der Waals surface area contributed by atoms with Crippen molar-refractivity contribution in [2.24, 2.45) is 0 Å². The Balaban J connectivity index is 1.67. The average molecular weight is 425 g/mol. The highest BCUT2D eigenvalue weighted by molar-refractivity contribution is 9.10. The molecule has 0 saturated carbocycles. The fourth-order valence-electron chi connectivity index (χ4n) is 3.14. The van der Waals surface area contributed by atoms with E-state index in [0.29, 0.717) is 24.0 Å². The summed E-state index contributed by atoms with van der Waals surface area (Å²) in [5.74, 6) is 1.18. The predicted molar refractivity (Wildman–Crippen MR) is 97.8 cm³/mol. The van der Waals surface area contributed by atoms with E-state index in [1.807, 2.05) is 22.9 Å². The van der Waals surface area contributed by atoms with Crippen LogP contribution in [0.25, 0.3) is 11.0 Å². The van der Waals surface area contributed by atoms with Gasteiger partial charge in [0.05, 0.1) is 19.1 Å². The van der Waals surface area contributed by atoms with Gasteiger partial charge in [-0.25, -0.2) is 9.97 Å². The van der Waals surface area contributed by atoms with Crippen LogP contribution in [-0.2, 0) is 4.74 Å². The molecule has 1 fully saturated rings. The normalized spacial score (nSPS) is 20.3. The molecule has 2 N–H and O–H groups in total. The van der Waals surface area contributed by atoms with Crippen molar-refractivity contribution in [3.8, 4) is 5.88 Å². The second kappa shape index (κ2) is 6.44. The molecule has 1 aliphatic rings. The van der Waals surface area contributed by atoms with E-state index < -0.39 is 0 Å². The van der Waals surface area contributed by atoms with Crippen LogP contribution in [0.1, 0.15) is 24.1 Å². The summed E-state index contributed by atoms with van der Waals surface area (Å²) in [7, 11) is 1.61. The van der Waals surface area contributed by atoms with Crippen LogP contribution in [0, 0.1) is 0 Å². The van der Waals surface area contributed by atoms with E-state index in [4.69, 9.17) is 26.8 Å². The van der Waals surface area contributed by atoms with Gasteiger partial charge in [0.15, 0.2) is 0 Å². The van der Waals surface area contributed by atoms with Gasteiger partial charge in [0.2, 0.25) is 11.2 Å². The van der Waals surface area contributed by atoms with Crippen LogP contribution in [0.15, 0.2) is 29.0 Å². The van der Waals surface area contributed by atoms with E-state index in [1.165, 1.54) is 0 Å². The topological polar surface area (TPSA) is 88.1 Å². The third-order valence-corrected chi connectivity index (χ3v) is 5.12. The second-order valence-electron chi connectivity index (χ2n) is 5.81. The van der Waals surface area contributed by atoms with Crippen molar-refractivity contribution < 1.29 is 9.47 Å². The molecule has 130 valence electrons. The van der Waals surface area contributed by atoms with E-state index in [9.17, 15) is 0 Å². The number of rotatable bonds is 3. The summed E-state index contributed by atoms with van der Waals surface area (Å²) in [4.78, 5) is 12.5. The van der Waals surface area contributed by atoms with Gasteiger partial charge in [-0.15, -0.1) is 0 Å². The van der Waals surface area contributed by atoms with E-state index in [1.54, 1.807) is 13.3 Å². The highest BCUT2D eigenvalue weighted by Crippen LogP contribution is 2.39. The van der Waals surface area contributed by atoms with Gasteiger partial charge < -0.3 is 19.8 Å². The number of nitrogen functional groups attached to an aromatic ring is 1. The molecule has 0 aromatic carbocycles. The number of nitrogens with zero attached hydrogens (tertiary/aromatic N) is 4. The predicted octanol–water partition coefficient (Wildman–Crippen LogP) is 3.54. The molecule has 0 aliphatic carbocycles. The monoisotopic (exact) mass is 423 g/mol. The maximum atomic E-state index is 6.02. The number of halogens is 2. The summed E-state index contributed by atoms with van der Waals surface area (Å²) in [6, 6.07) is 3.93. The largest absolute Gasteiger partial charge is 0.481 e. The lowest BCUT2D eigenvalue weighted by molar-refractivity contribution is 0.0588. The maximum Gasteiger partial charge on any atom is 0.226 e. The fraction of sp³-hybridized carbons (Fsp3) is 0.312. The van der Waals surface area contributed by atoms with E-state index in [0.717, 1.165) is 21.8 Å². The highest BCUT2D eigenvalue weighted by atomic mass is 79.9. The first-order valence-corrected chi connectivity index (χ1v) is 8.84. The Kier molecular flexibility index (Phi) is 4.26. The van der Waals surface area contributed by atoms with Gasteiger partial charge in [-0.2, -0.15) is 4.98 Å². The Morgan fingerprint density at radius 3 is 3.08 bits per heavy atom. The lowest BCUT2D eigenvalue weighted by Crippen LogP contribution is -2.07. The van der Waals surface area contributed by atoms with Crippen LogP contribution in [0.5, 0.6) is 5.88 Å². The van der Waals surface area contributed by atoms with Gasteiger partial charge >= 0.3 is 0 Å². The van der Waals surface area contributed by atoms with Crippen LogP contribution in [0.3, 0.4) is 0 Å². The molecule has 9 heteroatoms. The number of pyridine rings is 1. The number of hydrogen-bond acceptors (Lipinski definition) is 6. The molecule has 7 nitrogen and oxygen atoms in total. The molecule has 2 atom stereocenters. The SMILES string of the molecule is COc1cc(C2COC(n3cc(Br)c4c(N)nc(Cl)nc43)C2)ccn1. The van der Waals surface area contributed by atoms with Crippen LogP contribution < -0.4 is 10.5 Å². The molecule has 3 aromatic heterocycles. The molecule has 0 radical (unpaired) electrons. The molecule has 3 aromatic rings. The van der Waals surface area contributed by atoms with Crippen molar-refractivity contribution in [1.29, 1.82) is 0 Å². The number of anilines is 1. The quantitative estimate of drug-likeness (QED) is 0.647. The maximum absolute atomic E-state index is 6.02. The Bertz CT molecular complexity index is 948. The summed E-state index contributed by atoms with van der Waals surface area (Å²) in [6.07, 6.45) is 4.29. The van der Waals surface area contributed by atoms with Crippen LogP contribution in [0.4, 0.5) is 5.82 Å². The standard InChI is InChI=1S/C16H15BrClN5O2/c1-24-11-4-8(2-3-20-11)9-5-12(25-7-9)23-6-10(17)13-14(19)21-16(18)22-15(13)23/h2-4,6,9,12H,5,7H2,1H3,(H2,19,21,22). The first-order chi connectivity index (χ1) is 12.1. The molecular weight excluding hydrogens is 410 g/mol. The second-order valence-corrected chi connectivity index (χ2v) is 7.01. The number of fused-ring (bicyclic) bond motifs is 1. The van der Waals surface area contributed by atoms with Crippen molar-refractivity contribution >= 4 is 44.4 Å².